The van der Waals surface area contributed by atoms with E-state index in [1.165, 1.54) is 64.6 Å². The van der Waals surface area contributed by atoms with Gasteiger partial charge in [-0.3, -0.25) is 0 Å². The number of piperidine rings is 1. The number of ether oxygens (including phenoxy) is 2. The lowest BCUT2D eigenvalue weighted by Crippen LogP contribution is -2.37. The number of methoxy groups -OCH3 is 2. The summed E-state index contributed by atoms with van der Waals surface area (Å²) in [5.41, 5.74) is 2.86. The smallest absolute Gasteiger partial charge is 0.135 e. The van der Waals surface area contributed by atoms with Gasteiger partial charge < -0.3 is 30.1 Å². The quantitative estimate of drug-likeness (QED) is 0.517. The molecular formula is C26H41N3O3. The van der Waals surface area contributed by atoms with Gasteiger partial charge in [0.05, 0.1) is 25.5 Å². The van der Waals surface area contributed by atoms with Crippen LogP contribution < -0.4 is 15.4 Å². The van der Waals surface area contributed by atoms with Crippen molar-refractivity contribution in [3.63, 3.8) is 0 Å². The van der Waals surface area contributed by atoms with E-state index < -0.39 is 0 Å². The molecule has 0 aromatic heterocycles. The summed E-state index contributed by atoms with van der Waals surface area (Å²) in [6.07, 6.45) is 10.8. The molecule has 1 aromatic rings. The van der Waals surface area contributed by atoms with Crippen molar-refractivity contribution >= 4 is 11.4 Å². The van der Waals surface area contributed by atoms with E-state index in [-0.39, 0.29) is 0 Å². The monoisotopic (exact) mass is 443 g/mol. The van der Waals surface area contributed by atoms with E-state index >= 15 is 0 Å². The Morgan fingerprint density at radius 1 is 1.09 bits per heavy atom. The molecule has 0 spiro atoms. The topological polar surface area (TPSA) is 66.0 Å². The zero-order valence-corrected chi connectivity index (χ0v) is 19.9. The number of aliphatic hydroxyl groups is 1. The lowest BCUT2D eigenvalue weighted by Gasteiger charge is -2.35. The van der Waals surface area contributed by atoms with E-state index in [1.54, 1.807) is 7.11 Å². The maximum atomic E-state index is 10.5. The fraction of sp³-hybridized carbons (Fsp3) is 0.692. The van der Waals surface area contributed by atoms with Crippen molar-refractivity contribution in [1.82, 2.24) is 10.2 Å². The Hall–Kier alpha value is -1.92. The van der Waals surface area contributed by atoms with E-state index in [0.29, 0.717) is 18.4 Å². The van der Waals surface area contributed by atoms with Crippen LogP contribution in [0.25, 0.3) is 5.70 Å². The average molecular weight is 444 g/mol. The Balaban J connectivity index is 1.20. The van der Waals surface area contributed by atoms with E-state index in [9.17, 15) is 5.11 Å². The Morgan fingerprint density at radius 2 is 1.91 bits per heavy atom. The third-order valence-electron chi connectivity index (χ3n) is 7.75. The summed E-state index contributed by atoms with van der Waals surface area (Å²) in [6.45, 7) is 5.00. The predicted octanol–water partition coefficient (Wildman–Crippen LogP) is 4.63. The van der Waals surface area contributed by atoms with Gasteiger partial charge in [-0.15, -0.1) is 0 Å². The van der Waals surface area contributed by atoms with Crippen LogP contribution in [0.2, 0.25) is 0 Å². The average Bonchev–Trinajstić information content (AvgIpc) is 2.84. The second-order valence-electron chi connectivity index (χ2n) is 9.69. The van der Waals surface area contributed by atoms with Gasteiger partial charge in [0.1, 0.15) is 11.5 Å². The molecule has 1 saturated carbocycles. The highest BCUT2D eigenvalue weighted by molar-refractivity contribution is 5.80. The number of nitrogens with zero attached hydrogens (tertiary/aromatic N) is 1. The first-order valence-corrected chi connectivity index (χ1v) is 12.5. The summed E-state index contributed by atoms with van der Waals surface area (Å²) in [4.78, 5) is 2.66. The van der Waals surface area contributed by atoms with Crippen molar-refractivity contribution < 1.29 is 14.6 Å². The van der Waals surface area contributed by atoms with E-state index in [4.69, 9.17) is 9.47 Å². The second-order valence-corrected chi connectivity index (χ2v) is 9.69. The molecule has 6 nitrogen and oxygen atoms in total. The summed E-state index contributed by atoms with van der Waals surface area (Å²) >= 11 is 0. The van der Waals surface area contributed by atoms with Crippen molar-refractivity contribution in [2.45, 2.75) is 57.5 Å². The Morgan fingerprint density at radius 3 is 2.69 bits per heavy atom. The van der Waals surface area contributed by atoms with Crippen LogP contribution in [0.3, 0.4) is 0 Å². The van der Waals surface area contributed by atoms with Gasteiger partial charge in [0.2, 0.25) is 0 Å². The minimum atomic E-state index is 0.373. The van der Waals surface area contributed by atoms with E-state index in [0.717, 1.165) is 47.5 Å². The van der Waals surface area contributed by atoms with Crippen LogP contribution in [-0.4, -0.2) is 63.1 Å². The third kappa shape index (κ3) is 5.70. The lowest BCUT2D eigenvalue weighted by molar-refractivity contribution is 0.0150. The Kier molecular flexibility index (Phi) is 8.20. The van der Waals surface area contributed by atoms with Crippen LogP contribution >= 0.6 is 0 Å². The highest BCUT2D eigenvalue weighted by atomic mass is 16.5. The molecule has 2 unspecified atom stereocenters. The molecule has 1 aliphatic carbocycles. The molecule has 0 radical (unpaired) electrons. The molecule has 32 heavy (non-hydrogen) atoms. The van der Waals surface area contributed by atoms with Crippen LogP contribution in [0.15, 0.2) is 24.0 Å². The van der Waals surface area contributed by atoms with E-state index in [1.807, 2.05) is 25.3 Å². The van der Waals surface area contributed by atoms with Crippen molar-refractivity contribution in [1.29, 1.82) is 0 Å². The predicted molar refractivity (Wildman–Crippen MR) is 130 cm³/mol. The van der Waals surface area contributed by atoms with Crippen LogP contribution in [0.1, 0.15) is 56.9 Å². The maximum absolute atomic E-state index is 10.5. The number of hydrogen-bond donors (Lipinski definition) is 3. The third-order valence-corrected chi connectivity index (χ3v) is 7.75. The minimum Gasteiger partial charge on any atom is -0.508 e. The molecule has 3 aliphatic rings. The van der Waals surface area contributed by atoms with Crippen molar-refractivity contribution in [2.24, 2.45) is 11.8 Å². The van der Waals surface area contributed by atoms with Crippen molar-refractivity contribution in [2.75, 3.05) is 52.3 Å². The summed E-state index contributed by atoms with van der Waals surface area (Å²) in [6, 6.07) is 5.95. The molecule has 4 rings (SSSR count). The highest BCUT2D eigenvalue weighted by Crippen LogP contribution is 2.32. The molecule has 6 heteroatoms. The first-order valence-electron chi connectivity index (χ1n) is 12.5. The number of hydrogen-bond acceptors (Lipinski definition) is 6. The summed E-state index contributed by atoms with van der Waals surface area (Å²) in [7, 11) is 3.56. The highest BCUT2D eigenvalue weighted by Gasteiger charge is 2.26. The fourth-order valence-corrected chi connectivity index (χ4v) is 5.69. The van der Waals surface area contributed by atoms with Crippen LogP contribution in [0, 0.1) is 11.8 Å². The molecule has 2 heterocycles. The van der Waals surface area contributed by atoms with Gasteiger partial charge in [-0.05, 0) is 88.2 Å². The van der Waals surface area contributed by atoms with Crippen LogP contribution in [-0.2, 0) is 4.74 Å². The molecule has 2 fully saturated rings. The Bertz CT molecular complexity index is 774. The van der Waals surface area contributed by atoms with Gasteiger partial charge in [0, 0.05) is 24.9 Å². The van der Waals surface area contributed by atoms with Gasteiger partial charge in [-0.2, -0.15) is 0 Å². The van der Waals surface area contributed by atoms with Gasteiger partial charge in [0.15, 0.2) is 0 Å². The maximum Gasteiger partial charge on any atom is 0.135 e. The van der Waals surface area contributed by atoms with Gasteiger partial charge in [-0.1, -0.05) is 12.8 Å². The largest absolute Gasteiger partial charge is 0.508 e. The number of fused-ring (bicyclic) bond motifs is 1. The SMILES string of the molecule is COc1ccc2c(c1)C(NCCC1CCN(CCC3CCCCC3OC)CC1)=C(O)CN2. The van der Waals surface area contributed by atoms with Crippen molar-refractivity contribution in [3.8, 4) is 5.75 Å². The van der Waals surface area contributed by atoms with Gasteiger partial charge in [0.25, 0.3) is 0 Å². The minimum absolute atomic E-state index is 0.373. The molecule has 178 valence electrons. The standard InChI is InChI=1S/C26H41N3O3/c1-31-21-7-8-23-22(17-21)26(24(30)18-28-23)27-13-9-19-10-14-29(15-11-19)16-12-20-5-3-4-6-25(20)32-2/h7-8,17,19-20,25,27-28,30H,3-6,9-16,18H2,1-2H3. The van der Waals surface area contributed by atoms with Crippen LogP contribution in [0.5, 0.6) is 5.75 Å². The zero-order valence-electron chi connectivity index (χ0n) is 19.9. The number of aliphatic hydroxyl groups excluding tert-OH is 1. The zero-order chi connectivity index (χ0) is 22.3. The normalized spacial score (nSPS) is 24.7. The molecular weight excluding hydrogens is 402 g/mol. The number of rotatable bonds is 9. The molecule has 0 amide bonds. The molecule has 1 aromatic carbocycles. The number of anilines is 1. The van der Waals surface area contributed by atoms with Gasteiger partial charge >= 0.3 is 0 Å². The van der Waals surface area contributed by atoms with Crippen molar-refractivity contribution in [3.05, 3.63) is 29.5 Å². The summed E-state index contributed by atoms with van der Waals surface area (Å²) < 4.78 is 11.1. The van der Waals surface area contributed by atoms with Gasteiger partial charge in [-0.25, -0.2) is 0 Å². The van der Waals surface area contributed by atoms with E-state index in [2.05, 4.69) is 15.5 Å². The number of benzene rings is 1. The summed E-state index contributed by atoms with van der Waals surface area (Å²) in [5.74, 6) is 2.69. The first kappa shape index (κ1) is 23.2. The molecule has 2 atom stereocenters. The molecule has 3 N–H and O–H groups in total. The number of nitrogens with one attached hydrogen (secondary N) is 2. The molecule has 0 bridgehead atoms. The summed E-state index contributed by atoms with van der Waals surface area (Å²) in [5, 5.41) is 17.2. The van der Waals surface area contributed by atoms with Crippen LogP contribution in [0.4, 0.5) is 5.69 Å². The molecule has 1 saturated heterocycles. The number of likely N-dealkylation sites (tertiary alicyclic amines) is 1. The molecule has 2 aliphatic heterocycles. The Labute approximate surface area is 193 Å². The second kappa shape index (κ2) is 11.3. The fourth-order valence-electron chi connectivity index (χ4n) is 5.69. The lowest BCUT2D eigenvalue weighted by atomic mass is 9.84. The first-order chi connectivity index (χ1) is 15.7.